The van der Waals surface area contributed by atoms with Gasteiger partial charge in [-0.1, -0.05) is 20.3 Å². The van der Waals surface area contributed by atoms with Crippen molar-refractivity contribution in [3.8, 4) is 0 Å². The second kappa shape index (κ2) is 4.24. The van der Waals surface area contributed by atoms with E-state index in [0.717, 1.165) is 23.7 Å². The highest BCUT2D eigenvalue weighted by molar-refractivity contribution is 5.65. The third-order valence-electron chi connectivity index (χ3n) is 4.04. The molecule has 1 saturated carbocycles. The van der Waals surface area contributed by atoms with Gasteiger partial charge in [0.05, 0.1) is 11.4 Å². The molecule has 96 valence electrons. The maximum Gasteiger partial charge on any atom is 0.148 e. The molecule has 0 aromatic carbocycles. The van der Waals surface area contributed by atoms with Crippen LogP contribution in [-0.2, 0) is 6.54 Å². The summed E-state index contributed by atoms with van der Waals surface area (Å²) in [5, 5.41) is 8.06. The van der Waals surface area contributed by atoms with Gasteiger partial charge in [0.1, 0.15) is 5.82 Å². The Balaban J connectivity index is 2.24. The summed E-state index contributed by atoms with van der Waals surface area (Å²) in [6.07, 6.45) is 3.80. The fraction of sp³-hybridized carbons (Fsp3) is 0.769. The topological polar surface area (TPSA) is 55.9 Å². The molecule has 1 aromatic heterocycles. The van der Waals surface area contributed by atoms with Crippen molar-refractivity contribution in [2.24, 2.45) is 5.41 Å². The molecular formula is C13H24N4. The maximum atomic E-state index is 6.10. The van der Waals surface area contributed by atoms with Gasteiger partial charge in [-0.25, -0.2) is 4.68 Å². The molecule has 2 rings (SSSR count). The van der Waals surface area contributed by atoms with Gasteiger partial charge in [0.15, 0.2) is 0 Å². The number of rotatable bonds is 3. The highest BCUT2D eigenvalue weighted by Gasteiger charge is 2.35. The number of aryl methyl sites for hydroxylation is 2. The van der Waals surface area contributed by atoms with Crippen LogP contribution in [0, 0.1) is 12.3 Å². The van der Waals surface area contributed by atoms with E-state index in [1.54, 1.807) is 0 Å². The molecular weight excluding hydrogens is 212 g/mol. The van der Waals surface area contributed by atoms with E-state index in [-0.39, 0.29) is 0 Å². The second-order valence-corrected chi connectivity index (χ2v) is 5.74. The Labute approximate surface area is 104 Å². The highest BCUT2D eigenvalue weighted by atomic mass is 15.3. The lowest BCUT2D eigenvalue weighted by molar-refractivity contribution is 0.348. The fourth-order valence-corrected chi connectivity index (χ4v) is 2.74. The number of nitrogen functional groups attached to an aromatic ring is 1. The van der Waals surface area contributed by atoms with Crippen LogP contribution in [0.2, 0.25) is 0 Å². The maximum absolute atomic E-state index is 6.10. The molecule has 0 amide bonds. The van der Waals surface area contributed by atoms with Crippen molar-refractivity contribution in [2.75, 3.05) is 11.1 Å². The first-order valence-electron chi connectivity index (χ1n) is 6.55. The quantitative estimate of drug-likeness (QED) is 0.848. The molecule has 3 N–H and O–H groups in total. The molecule has 1 unspecified atom stereocenters. The summed E-state index contributed by atoms with van der Waals surface area (Å²) in [5.41, 5.74) is 8.17. The summed E-state index contributed by atoms with van der Waals surface area (Å²) in [7, 11) is 0. The molecule has 1 fully saturated rings. The van der Waals surface area contributed by atoms with Crippen LogP contribution in [-0.4, -0.2) is 15.8 Å². The van der Waals surface area contributed by atoms with Crippen LogP contribution in [0.25, 0.3) is 0 Å². The Morgan fingerprint density at radius 1 is 1.53 bits per heavy atom. The van der Waals surface area contributed by atoms with Crippen LogP contribution in [0.15, 0.2) is 0 Å². The molecule has 0 radical (unpaired) electrons. The van der Waals surface area contributed by atoms with Crippen LogP contribution in [0.3, 0.4) is 0 Å². The summed E-state index contributed by atoms with van der Waals surface area (Å²) in [5.74, 6) is 1.00. The van der Waals surface area contributed by atoms with Gasteiger partial charge in [0, 0.05) is 12.6 Å². The smallest absolute Gasteiger partial charge is 0.148 e. The molecule has 1 aliphatic carbocycles. The van der Waals surface area contributed by atoms with E-state index in [2.05, 4.69) is 31.2 Å². The SMILES string of the molecule is CCn1nc(C)c(N)c1NC1CCCC1(C)C. The minimum absolute atomic E-state index is 0.350. The van der Waals surface area contributed by atoms with Crippen molar-refractivity contribution < 1.29 is 0 Å². The van der Waals surface area contributed by atoms with Crippen LogP contribution >= 0.6 is 0 Å². The average Bonchev–Trinajstić information content (AvgIpc) is 2.73. The van der Waals surface area contributed by atoms with E-state index in [1.807, 2.05) is 11.6 Å². The van der Waals surface area contributed by atoms with E-state index < -0.39 is 0 Å². The van der Waals surface area contributed by atoms with Crippen molar-refractivity contribution in [1.29, 1.82) is 0 Å². The number of hydrogen-bond donors (Lipinski definition) is 2. The minimum Gasteiger partial charge on any atom is -0.394 e. The van der Waals surface area contributed by atoms with Crippen molar-refractivity contribution in [2.45, 2.75) is 59.5 Å². The summed E-state index contributed by atoms with van der Waals surface area (Å²) >= 11 is 0. The Hall–Kier alpha value is -1.19. The summed E-state index contributed by atoms with van der Waals surface area (Å²) in [4.78, 5) is 0. The molecule has 0 aliphatic heterocycles. The molecule has 1 aromatic rings. The van der Waals surface area contributed by atoms with Crippen LogP contribution in [0.4, 0.5) is 11.5 Å². The van der Waals surface area contributed by atoms with Gasteiger partial charge in [-0.2, -0.15) is 5.10 Å². The van der Waals surface area contributed by atoms with Gasteiger partial charge in [-0.3, -0.25) is 0 Å². The van der Waals surface area contributed by atoms with Crippen molar-refractivity contribution in [3.63, 3.8) is 0 Å². The Kier molecular flexibility index (Phi) is 3.06. The molecule has 0 bridgehead atoms. The Morgan fingerprint density at radius 3 is 2.76 bits per heavy atom. The molecule has 4 nitrogen and oxygen atoms in total. The number of nitrogens with two attached hydrogens (primary N) is 1. The predicted molar refractivity (Wildman–Crippen MR) is 72.1 cm³/mol. The van der Waals surface area contributed by atoms with Gasteiger partial charge in [-0.15, -0.1) is 0 Å². The Bertz CT molecular complexity index is 406. The van der Waals surface area contributed by atoms with Crippen LogP contribution < -0.4 is 11.1 Å². The van der Waals surface area contributed by atoms with E-state index in [1.165, 1.54) is 19.3 Å². The third kappa shape index (κ3) is 2.13. The number of nitrogens with zero attached hydrogens (tertiary/aromatic N) is 2. The highest BCUT2D eigenvalue weighted by Crippen LogP contribution is 2.40. The minimum atomic E-state index is 0.350. The van der Waals surface area contributed by atoms with Crippen molar-refractivity contribution in [1.82, 2.24) is 9.78 Å². The third-order valence-corrected chi connectivity index (χ3v) is 4.04. The fourth-order valence-electron chi connectivity index (χ4n) is 2.74. The zero-order chi connectivity index (χ0) is 12.6. The molecule has 1 aliphatic rings. The zero-order valence-corrected chi connectivity index (χ0v) is 11.4. The van der Waals surface area contributed by atoms with E-state index >= 15 is 0 Å². The lowest BCUT2D eigenvalue weighted by atomic mass is 9.87. The predicted octanol–water partition coefficient (Wildman–Crippen LogP) is 2.78. The number of nitrogens with one attached hydrogen (secondary N) is 1. The lowest BCUT2D eigenvalue weighted by Gasteiger charge is -2.29. The molecule has 4 heteroatoms. The molecule has 1 atom stereocenters. The summed E-state index contributed by atoms with van der Waals surface area (Å²) in [6, 6.07) is 0.506. The number of anilines is 2. The van der Waals surface area contributed by atoms with Crippen molar-refractivity contribution >= 4 is 11.5 Å². The first-order chi connectivity index (χ1) is 7.95. The standard InChI is InChI=1S/C13H24N4/c1-5-17-12(11(14)9(2)16-17)15-10-7-6-8-13(10,3)4/h10,15H,5-8,14H2,1-4H3. The van der Waals surface area contributed by atoms with E-state index in [0.29, 0.717) is 11.5 Å². The van der Waals surface area contributed by atoms with Gasteiger partial charge < -0.3 is 11.1 Å². The molecule has 17 heavy (non-hydrogen) atoms. The lowest BCUT2D eigenvalue weighted by Crippen LogP contribution is -2.32. The van der Waals surface area contributed by atoms with E-state index in [9.17, 15) is 0 Å². The normalized spacial score (nSPS) is 22.9. The van der Waals surface area contributed by atoms with Gasteiger partial charge in [0.2, 0.25) is 0 Å². The zero-order valence-electron chi connectivity index (χ0n) is 11.4. The number of hydrogen-bond acceptors (Lipinski definition) is 3. The monoisotopic (exact) mass is 236 g/mol. The van der Waals surface area contributed by atoms with Gasteiger partial charge in [0.25, 0.3) is 0 Å². The second-order valence-electron chi connectivity index (χ2n) is 5.74. The first-order valence-corrected chi connectivity index (χ1v) is 6.55. The summed E-state index contributed by atoms with van der Waals surface area (Å²) < 4.78 is 1.97. The van der Waals surface area contributed by atoms with Crippen molar-refractivity contribution in [3.05, 3.63) is 5.69 Å². The molecule has 0 saturated heterocycles. The number of aromatic nitrogens is 2. The van der Waals surface area contributed by atoms with Gasteiger partial charge >= 0.3 is 0 Å². The Morgan fingerprint density at radius 2 is 2.24 bits per heavy atom. The van der Waals surface area contributed by atoms with E-state index in [4.69, 9.17) is 5.73 Å². The average molecular weight is 236 g/mol. The van der Waals surface area contributed by atoms with Gasteiger partial charge in [-0.05, 0) is 32.1 Å². The first kappa shape index (κ1) is 12.3. The summed E-state index contributed by atoms with van der Waals surface area (Å²) in [6.45, 7) is 9.57. The molecule has 0 spiro atoms. The largest absolute Gasteiger partial charge is 0.394 e. The van der Waals surface area contributed by atoms with Crippen LogP contribution in [0.1, 0.15) is 45.7 Å². The molecule has 1 heterocycles. The van der Waals surface area contributed by atoms with Crippen LogP contribution in [0.5, 0.6) is 0 Å².